The molecule has 2 N–H and O–H groups in total. The minimum atomic E-state index is -0.131. The van der Waals surface area contributed by atoms with Crippen molar-refractivity contribution in [3.63, 3.8) is 0 Å². The number of nitrogen functional groups attached to an aromatic ring is 1. The van der Waals surface area contributed by atoms with Gasteiger partial charge in [-0.15, -0.1) is 0 Å². The van der Waals surface area contributed by atoms with E-state index in [4.69, 9.17) is 5.73 Å². The van der Waals surface area contributed by atoms with E-state index in [1.807, 2.05) is 6.07 Å². The predicted octanol–water partition coefficient (Wildman–Crippen LogP) is 0.739. The van der Waals surface area contributed by atoms with Gasteiger partial charge in [-0.25, -0.2) is 0 Å². The van der Waals surface area contributed by atoms with E-state index < -0.39 is 0 Å². The largest absolute Gasteiger partial charge is 0.469 e. The van der Waals surface area contributed by atoms with E-state index in [0.29, 0.717) is 6.42 Å². The SMILES string of the molecule is COC(=O)CCCN1CCN(c2ccncc2N)CC1. The van der Waals surface area contributed by atoms with E-state index in [2.05, 4.69) is 19.5 Å². The maximum Gasteiger partial charge on any atom is 0.305 e. The molecule has 0 saturated carbocycles. The molecule has 0 aromatic carbocycles. The second kappa shape index (κ2) is 7.09. The lowest BCUT2D eigenvalue weighted by atomic mass is 10.2. The first kappa shape index (κ1) is 14.6. The zero-order chi connectivity index (χ0) is 14.4. The lowest BCUT2D eigenvalue weighted by Crippen LogP contribution is -2.46. The molecule has 1 aliphatic rings. The molecule has 2 heterocycles. The topological polar surface area (TPSA) is 71.7 Å². The second-order valence-electron chi connectivity index (χ2n) is 4.94. The Morgan fingerprint density at radius 2 is 2.15 bits per heavy atom. The highest BCUT2D eigenvalue weighted by molar-refractivity contribution is 5.69. The summed E-state index contributed by atoms with van der Waals surface area (Å²) >= 11 is 0. The Morgan fingerprint density at radius 1 is 1.40 bits per heavy atom. The average Bonchev–Trinajstić information content (AvgIpc) is 2.48. The van der Waals surface area contributed by atoms with Gasteiger partial charge in [0.1, 0.15) is 0 Å². The lowest BCUT2D eigenvalue weighted by Gasteiger charge is -2.36. The Labute approximate surface area is 119 Å². The van der Waals surface area contributed by atoms with Crippen LogP contribution in [-0.2, 0) is 9.53 Å². The maximum atomic E-state index is 11.1. The third kappa shape index (κ3) is 3.84. The molecule has 1 fully saturated rings. The van der Waals surface area contributed by atoms with Gasteiger partial charge in [0.05, 0.1) is 24.7 Å². The van der Waals surface area contributed by atoms with Crippen molar-refractivity contribution in [2.45, 2.75) is 12.8 Å². The van der Waals surface area contributed by atoms with Crippen molar-refractivity contribution < 1.29 is 9.53 Å². The van der Waals surface area contributed by atoms with E-state index in [0.717, 1.165) is 50.5 Å². The van der Waals surface area contributed by atoms with Crippen LogP contribution in [0.15, 0.2) is 18.5 Å². The van der Waals surface area contributed by atoms with Crippen molar-refractivity contribution >= 4 is 17.3 Å². The molecule has 1 aliphatic heterocycles. The number of hydrogen-bond acceptors (Lipinski definition) is 6. The number of aromatic nitrogens is 1. The van der Waals surface area contributed by atoms with E-state index in [1.165, 1.54) is 7.11 Å². The normalized spacial score (nSPS) is 16.1. The van der Waals surface area contributed by atoms with Crippen LogP contribution in [0.4, 0.5) is 11.4 Å². The Kier molecular flexibility index (Phi) is 5.17. The van der Waals surface area contributed by atoms with E-state index in [1.54, 1.807) is 12.4 Å². The number of nitrogens with two attached hydrogens (primary N) is 1. The number of nitrogens with zero attached hydrogens (tertiary/aromatic N) is 3. The van der Waals surface area contributed by atoms with Crippen molar-refractivity contribution in [2.75, 3.05) is 50.5 Å². The standard InChI is InChI=1S/C14H22N4O2/c1-20-14(19)3-2-6-17-7-9-18(10-8-17)13-4-5-16-11-12(13)15/h4-5,11H,2-3,6-10,15H2,1H3. The van der Waals surface area contributed by atoms with E-state index in [9.17, 15) is 4.79 Å². The molecule has 1 aromatic heterocycles. The molecule has 1 aromatic rings. The van der Waals surface area contributed by atoms with Gasteiger partial charge in [0.15, 0.2) is 0 Å². The van der Waals surface area contributed by atoms with Gasteiger partial charge in [0, 0.05) is 38.8 Å². The van der Waals surface area contributed by atoms with Crippen LogP contribution in [0, 0.1) is 0 Å². The van der Waals surface area contributed by atoms with Crippen LogP contribution < -0.4 is 10.6 Å². The number of piperazine rings is 1. The first-order valence-corrected chi connectivity index (χ1v) is 6.94. The number of esters is 1. The van der Waals surface area contributed by atoms with Gasteiger partial charge in [-0.05, 0) is 19.0 Å². The van der Waals surface area contributed by atoms with Crippen molar-refractivity contribution in [1.29, 1.82) is 0 Å². The van der Waals surface area contributed by atoms with Crippen LogP contribution in [-0.4, -0.2) is 55.7 Å². The summed E-state index contributed by atoms with van der Waals surface area (Å²) in [5.41, 5.74) is 7.74. The van der Waals surface area contributed by atoms with Crippen LogP contribution in [0.25, 0.3) is 0 Å². The fraction of sp³-hybridized carbons (Fsp3) is 0.571. The summed E-state index contributed by atoms with van der Waals surface area (Å²) in [4.78, 5) is 19.7. The van der Waals surface area contributed by atoms with E-state index in [-0.39, 0.29) is 5.97 Å². The summed E-state index contributed by atoms with van der Waals surface area (Å²) < 4.78 is 4.64. The highest BCUT2D eigenvalue weighted by Gasteiger charge is 2.18. The molecule has 0 aliphatic carbocycles. The molecule has 0 amide bonds. The maximum absolute atomic E-state index is 11.1. The van der Waals surface area contributed by atoms with Gasteiger partial charge in [-0.2, -0.15) is 0 Å². The highest BCUT2D eigenvalue weighted by Crippen LogP contribution is 2.22. The van der Waals surface area contributed by atoms with Crippen LogP contribution in [0.5, 0.6) is 0 Å². The number of methoxy groups -OCH3 is 1. The number of anilines is 2. The second-order valence-corrected chi connectivity index (χ2v) is 4.94. The first-order chi connectivity index (χ1) is 9.70. The van der Waals surface area contributed by atoms with Gasteiger partial charge >= 0.3 is 5.97 Å². The third-order valence-corrected chi connectivity index (χ3v) is 3.62. The summed E-state index contributed by atoms with van der Waals surface area (Å²) in [6.45, 7) is 4.82. The quantitative estimate of drug-likeness (QED) is 0.801. The predicted molar refractivity (Wildman–Crippen MR) is 78.6 cm³/mol. The monoisotopic (exact) mass is 278 g/mol. The zero-order valence-electron chi connectivity index (χ0n) is 11.9. The van der Waals surface area contributed by atoms with Gasteiger partial charge in [0.25, 0.3) is 0 Å². The number of pyridine rings is 1. The van der Waals surface area contributed by atoms with Crippen molar-refractivity contribution in [2.24, 2.45) is 0 Å². The van der Waals surface area contributed by atoms with Gasteiger partial charge < -0.3 is 15.4 Å². The van der Waals surface area contributed by atoms with E-state index >= 15 is 0 Å². The summed E-state index contributed by atoms with van der Waals surface area (Å²) in [5, 5.41) is 0. The number of rotatable bonds is 5. The summed E-state index contributed by atoms with van der Waals surface area (Å²) in [6, 6.07) is 1.96. The van der Waals surface area contributed by atoms with Crippen LogP contribution in [0.3, 0.4) is 0 Å². The molecule has 20 heavy (non-hydrogen) atoms. The lowest BCUT2D eigenvalue weighted by molar-refractivity contribution is -0.140. The molecule has 0 unspecified atom stereocenters. The van der Waals surface area contributed by atoms with Crippen LogP contribution in [0.2, 0.25) is 0 Å². The van der Waals surface area contributed by atoms with Gasteiger partial charge in [-0.3, -0.25) is 14.7 Å². The van der Waals surface area contributed by atoms with Crippen molar-refractivity contribution in [3.8, 4) is 0 Å². The Bertz CT molecular complexity index is 445. The number of carbonyl (C=O) groups is 1. The minimum absolute atomic E-state index is 0.131. The Balaban J connectivity index is 1.75. The van der Waals surface area contributed by atoms with Gasteiger partial charge in [0.2, 0.25) is 0 Å². The summed E-state index contributed by atoms with van der Waals surface area (Å²) in [5.74, 6) is -0.131. The molecule has 2 rings (SSSR count). The first-order valence-electron chi connectivity index (χ1n) is 6.94. The van der Waals surface area contributed by atoms with Crippen molar-refractivity contribution in [3.05, 3.63) is 18.5 Å². The molecule has 0 spiro atoms. The molecule has 1 saturated heterocycles. The fourth-order valence-corrected chi connectivity index (χ4v) is 2.45. The molecule has 0 radical (unpaired) electrons. The Morgan fingerprint density at radius 3 is 2.80 bits per heavy atom. The van der Waals surface area contributed by atoms with Crippen LogP contribution in [0.1, 0.15) is 12.8 Å². The minimum Gasteiger partial charge on any atom is -0.469 e. The fourth-order valence-electron chi connectivity index (χ4n) is 2.45. The average molecular weight is 278 g/mol. The molecule has 110 valence electrons. The number of carbonyl (C=O) groups excluding carboxylic acids is 1. The van der Waals surface area contributed by atoms with Gasteiger partial charge in [-0.1, -0.05) is 0 Å². The number of ether oxygens (including phenoxy) is 1. The smallest absolute Gasteiger partial charge is 0.305 e. The summed E-state index contributed by atoms with van der Waals surface area (Å²) in [7, 11) is 1.43. The molecule has 0 atom stereocenters. The Hall–Kier alpha value is -1.82. The molecule has 6 heteroatoms. The molecular formula is C14H22N4O2. The highest BCUT2D eigenvalue weighted by atomic mass is 16.5. The van der Waals surface area contributed by atoms with Crippen LogP contribution >= 0.6 is 0 Å². The molecular weight excluding hydrogens is 256 g/mol. The summed E-state index contributed by atoms with van der Waals surface area (Å²) in [6.07, 6.45) is 4.81. The molecule has 0 bridgehead atoms. The molecule has 6 nitrogen and oxygen atoms in total. The van der Waals surface area contributed by atoms with Crippen molar-refractivity contribution in [1.82, 2.24) is 9.88 Å². The number of hydrogen-bond donors (Lipinski definition) is 1. The third-order valence-electron chi connectivity index (χ3n) is 3.62. The zero-order valence-corrected chi connectivity index (χ0v) is 11.9.